The van der Waals surface area contributed by atoms with E-state index in [1.165, 1.54) is 4.68 Å². The standard InChI is InChI=1S/C7H11N3O2/c1-3-6-5(2)8-9-10(6)4-7(11)12/h3-4H2,1-2H3,(H,11,12). The Morgan fingerprint density at radius 1 is 1.67 bits per heavy atom. The van der Waals surface area contributed by atoms with Crippen molar-refractivity contribution in [2.24, 2.45) is 0 Å². The molecule has 0 saturated carbocycles. The van der Waals surface area contributed by atoms with E-state index in [0.717, 1.165) is 17.8 Å². The van der Waals surface area contributed by atoms with Crippen LogP contribution in [0, 0.1) is 6.92 Å². The second kappa shape index (κ2) is 3.34. The molecule has 0 amide bonds. The zero-order valence-electron chi connectivity index (χ0n) is 7.11. The van der Waals surface area contributed by atoms with Crippen molar-refractivity contribution < 1.29 is 9.90 Å². The lowest BCUT2D eigenvalue weighted by Gasteiger charge is -1.99. The van der Waals surface area contributed by atoms with E-state index in [2.05, 4.69) is 10.3 Å². The van der Waals surface area contributed by atoms with Crippen LogP contribution in [0.1, 0.15) is 18.3 Å². The van der Waals surface area contributed by atoms with Gasteiger partial charge in [-0.15, -0.1) is 5.10 Å². The quantitative estimate of drug-likeness (QED) is 0.703. The Bertz CT molecular complexity index is 293. The predicted octanol–water partition coefficient (Wildman–Crippen LogP) is 0.234. The summed E-state index contributed by atoms with van der Waals surface area (Å²) < 4.78 is 1.41. The molecular weight excluding hydrogens is 158 g/mol. The third-order valence-corrected chi connectivity index (χ3v) is 1.65. The van der Waals surface area contributed by atoms with Gasteiger partial charge in [0.05, 0.1) is 11.4 Å². The molecule has 0 atom stereocenters. The largest absolute Gasteiger partial charge is 0.480 e. The predicted molar refractivity (Wildman–Crippen MR) is 41.8 cm³/mol. The van der Waals surface area contributed by atoms with Crippen molar-refractivity contribution in [3.63, 3.8) is 0 Å². The first-order valence-corrected chi connectivity index (χ1v) is 3.76. The molecule has 0 radical (unpaired) electrons. The lowest BCUT2D eigenvalue weighted by atomic mass is 10.3. The molecule has 0 unspecified atom stereocenters. The van der Waals surface area contributed by atoms with Crippen LogP contribution in [0.4, 0.5) is 0 Å². The van der Waals surface area contributed by atoms with Gasteiger partial charge in [0.1, 0.15) is 6.54 Å². The lowest BCUT2D eigenvalue weighted by Crippen LogP contribution is -2.12. The van der Waals surface area contributed by atoms with Gasteiger partial charge in [0.25, 0.3) is 0 Å². The Morgan fingerprint density at radius 3 is 2.83 bits per heavy atom. The molecule has 0 bridgehead atoms. The van der Waals surface area contributed by atoms with Crippen LogP contribution in [0.5, 0.6) is 0 Å². The summed E-state index contributed by atoms with van der Waals surface area (Å²) in [6.07, 6.45) is 0.756. The first-order valence-electron chi connectivity index (χ1n) is 3.76. The minimum absolute atomic E-state index is 0.107. The van der Waals surface area contributed by atoms with Crippen LogP contribution in [-0.2, 0) is 17.8 Å². The van der Waals surface area contributed by atoms with Gasteiger partial charge < -0.3 is 5.11 Å². The number of carboxylic acids is 1. The van der Waals surface area contributed by atoms with Gasteiger partial charge in [0.15, 0.2) is 0 Å². The maximum Gasteiger partial charge on any atom is 0.325 e. The van der Waals surface area contributed by atoms with Gasteiger partial charge in [0, 0.05) is 0 Å². The molecule has 0 aliphatic rings. The maximum atomic E-state index is 10.4. The summed E-state index contributed by atoms with van der Waals surface area (Å²) in [5, 5.41) is 16.0. The molecule has 1 N–H and O–H groups in total. The van der Waals surface area contributed by atoms with Gasteiger partial charge in [-0.05, 0) is 13.3 Å². The van der Waals surface area contributed by atoms with E-state index in [-0.39, 0.29) is 6.54 Å². The Kier molecular flexibility index (Phi) is 2.42. The summed E-state index contributed by atoms with van der Waals surface area (Å²) in [5.74, 6) is -0.894. The van der Waals surface area contributed by atoms with E-state index >= 15 is 0 Å². The van der Waals surface area contributed by atoms with Gasteiger partial charge in [-0.25, -0.2) is 4.68 Å². The molecule has 1 aromatic rings. The monoisotopic (exact) mass is 169 g/mol. The molecule has 1 aromatic heterocycles. The minimum Gasteiger partial charge on any atom is -0.480 e. The summed E-state index contributed by atoms with van der Waals surface area (Å²) in [5.41, 5.74) is 1.69. The summed E-state index contributed by atoms with van der Waals surface area (Å²) in [4.78, 5) is 10.4. The molecule has 1 rings (SSSR count). The second-order valence-electron chi connectivity index (χ2n) is 2.53. The van der Waals surface area contributed by atoms with Crippen LogP contribution in [0.3, 0.4) is 0 Å². The number of hydrogen-bond donors (Lipinski definition) is 1. The van der Waals surface area contributed by atoms with Crippen LogP contribution in [0.15, 0.2) is 0 Å². The summed E-state index contributed by atoms with van der Waals surface area (Å²) in [6.45, 7) is 3.66. The van der Waals surface area contributed by atoms with E-state index in [0.29, 0.717) is 0 Å². The summed E-state index contributed by atoms with van der Waals surface area (Å²) in [7, 11) is 0. The van der Waals surface area contributed by atoms with E-state index in [9.17, 15) is 4.79 Å². The highest BCUT2D eigenvalue weighted by molar-refractivity contribution is 5.66. The normalized spacial score (nSPS) is 10.2. The zero-order valence-corrected chi connectivity index (χ0v) is 7.11. The molecule has 12 heavy (non-hydrogen) atoms. The highest BCUT2D eigenvalue weighted by Crippen LogP contribution is 2.03. The van der Waals surface area contributed by atoms with E-state index in [1.807, 2.05) is 13.8 Å². The van der Waals surface area contributed by atoms with Gasteiger partial charge in [0.2, 0.25) is 0 Å². The number of aromatic nitrogens is 3. The number of rotatable bonds is 3. The average Bonchev–Trinajstić information content (AvgIpc) is 2.30. The molecule has 0 aliphatic heterocycles. The average molecular weight is 169 g/mol. The Morgan fingerprint density at radius 2 is 2.33 bits per heavy atom. The highest BCUT2D eigenvalue weighted by atomic mass is 16.4. The van der Waals surface area contributed by atoms with Crippen molar-refractivity contribution >= 4 is 5.97 Å². The molecule has 0 fully saturated rings. The van der Waals surface area contributed by atoms with Crippen molar-refractivity contribution in [1.29, 1.82) is 0 Å². The van der Waals surface area contributed by atoms with Gasteiger partial charge in [-0.1, -0.05) is 12.1 Å². The molecule has 1 heterocycles. The maximum absolute atomic E-state index is 10.4. The first kappa shape index (κ1) is 8.70. The number of carboxylic acid groups (broad SMARTS) is 1. The highest BCUT2D eigenvalue weighted by Gasteiger charge is 2.08. The van der Waals surface area contributed by atoms with Crippen LogP contribution in [0.2, 0.25) is 0 Å². The molecule has 0 saturated heterocycles. The van der Waals surface area contributed by atoms with E-state index in [4.69, 9.17) is 5.11 Å². The van der Waals surface area contributed by atoms with Gasteiger partial charge in [-0.3, -0.25) is 4.79 Å². The van der Waals surface area contributed by atoms with Crippen molar-refractivity contribution in [3.05, 3.63) is 11.4 Å². The number of aliphatic carboxylic acids is 1. The topological polar surface area (TPSA) is 68.0 Å². The summed E-state index contributed by atoms with van der Waals surface area (Å²) in [6, 6.07) is 0. The molecule has 5 nitrogen and oxygen atoms in total. The Balaban J connectivity index is 2.91. The molecular formula is C7H11N3O2. The van der Waals surface area contributed by atoms with Crippen LogP contribution in [0.25, 0.3) is 0 Å². The Hall–Kier alpha value is -1.39. The molecule has 5 heteroatoms. The Labute approximate surface area is 70.0 Å². The number of aryl methyl sites for hydroxylation is 1. The fraction of sp³-hybridized carbons (Fsp3) is 0.571. The lowest BCUT2D eigenvalue weighted by molar-refractivity contribution is -0.137. The van der Waals surface area contributed by atoms with E-state index in [1.54, 1.807) is 0 Å². The SMILES string of the molecule is CCc1c(C)nnn1CC(=O)O. The fourth-order valence-corrected chi connectivity index (χ4v) is 1.11. The summed E-state index contributed by atoms with van der Waals surface area (Å²) >= 11 is 0. The number of nitrogens with zero attached hydrogens (tertiary/aromatic N) is 3. The first-order chi connectivity index (χ1) is 5.65. The van der Waals surface area contributed by atoms with Crippen LogP contribution < -0.4 is 0 Å². The smallest absolute Gasteiger partial charge is 0.325 e. The minimum atomic E-state index is -0.894. The van der Waals surface area contributed by atoms with Crippen molar-refractivity contribution in [3.8, 4) is 0 Å². The van der Waals surface area contributed by atoms with Crippen molar-refractivity contribution in [2.75, 3.05) is 0 Å². The zero-order chi connectivity index (χ0) is 9.14. The molecule has 66 valence electrons. The van der Waals surface area contributed by atoms with E-state index < -0.39 is 5.97 Å². The number of carbonyl (C=O) groups is 1. The molecule has 0 aromatic carbocycles. The van der Waals surface area contributed by atoms with Crippen molar-refractivity contribution in [1.82, 2.24) is 15.0 Å². The van der Waals surface area contributed by atoms with Crippen LogP contribution >= 0.6 is 0 Å². The third kappa shape index (κ3) is 1.61. The molecule has 0 spiro atoms. The van der Waals surface area contributed by atoms with Crippen LogP contribution in [-0.4, -0.2) is 26.1 Å². The van der Waals surface area contributed by atoms with Gasteiger partial charge >= 0.3 is 5.97 Å². The fourth-order valence-electron chi connectivity index (χ4n) is 1.11. The molecule has 0 aliphatic carbocycles. The van der Waals surface area contributed by atoms with Gasteiger partial charge in [-0.2, -0.15) is 0 Å². The number of hydrogen-bond acceptors (Lipinski definition) is 3. The second-order valence-corrected chi connectivity index (χ2v) is 2.53. The third-order valence-electron chi connectivity index (χ3n) is 1.65. The van der Waals surface area contributed by atoms with Crippen molar-refractivity contribution in [2.45, 2.75) is 26.8 Å².